The van der Waals surface area contributed by atoms with Crippen LogP contribution in [0, 0.1) is 0 Å². The van der Waals surface area contributed by atoms with E-state index < -0.39 is 0 Å². The monoisotopic (exact) mass is 301 g/mol. The highest BCUT2D eigenvalue weighted by molar-refractivity contribution is 6.02. The molecule has 2 heterocycles. The molecule has 0 bridgehead atoms. The number of nitrogens with zero attached hydrogens (tertiary/aromatic N) is 3. The molecule has 112 valence electrons. The molecule has 2 aromatic carbocycles. The summed E-state index contributed by atoms with van der Waals surface area (Å²) >= 11 is 0. The van der Waals surface area contributed by atoms with Crippen LogP contribution in [0.1, 0.15) is 11.3 Å². The SMILES string of the molecule is Oc1ccc2ccccc2c1C=NCc1cn2ccccc2n1. The number of phenols is 1. The Morgan fingerprint density at radius 3 is 2.83 bits per heavy atom. The summed E-state index contributed by atoms with van der Waals surface area (Å²) in [5, 5.41) is 12.2. The molecule has 0 saturated carbocycles. The van der Waals surface area contributed by atoms with Gasteiger partial charge in [-0.05, 0) is 29.0 Å². The summed E-state index contributed by atoms with van der Waals surface area (Å²) in [6.07, 6.45) is 5.66. The second kappa shape index (κ2) is 5.57. The number of fused-ring (bicyclic) bond motifs is 2. The minimum absolute atomic E-state index is 0.238. The summed E-state index contributed by atoms with van der Waals surface area (Å²) in [4.78, 5) is 8.97. The first-order valence-corrected chi connectivity index (χ1v) is 7.44. The maximum Gasteiger partial charge on any atom is 0.137 e. The van der Waals surface area contributed by atoms with E-state index in [4.69, 9.17) is 0 Å². The van der Waals surface area contributed by atoms with E-state index in [1.807, 2.05) is 65.3 Å². The van der Waals surface area contributed by atoms with Crippen LogP contribution in [0.25, 0.3) is 16.4 Å². The summed E-state index contributed by atoms with van der Waals surface area (Å²) in [7, 11) is 0. The molecule has 0 spiro atoms. The van der Waals surface area contributed by atoms with Gasteiger partial charge in [-0.1, -0.05) is 36.4 Å². The van der Waals surface area contributed by atoms with Crippen molar-refractivity contribution < 1.29 is 5.11 Å². The van der Waals surface area contributed by atoms with E-state index in [1.165, 1.54) is 0 Å². The molecular formula is C19H15N3O. The normalized spacial score (nSPS) is 11.7. The Morgan fingerprint density at radius 2 is 1.91 bits per heavy atom. The lowest BCUT2D eigenvalue weighted by Crippen LogP contribution is -1.88. The highest BCUT2D eigenvalue weighted by atomic mass is 16.3. The number of aliphatic imine (C=N–C) groups is 1. The van der Waals surface area contributed by atoms with Gasteiger partial charge in [0.2, 0.25) is 0 Å². The van der Waals surface area contributed by atoms with Gasteiger partial charge in [0.25, 0.3) is 0 Å². The maximum absolute atomic E-state index is 10.1. The van der Waals surface area contributed by atoms with Gasteiger partial charge in [0.15, 0.2) is 0 Å². The predicted octanol–water partition coefficient (Wildman–Crippen LogP) is 3.81. The number of hydrogen-bond donors (Lipinski definition) is 1. The second-order valence-electron chi connectivity index (χ2n) is 5.39. The average molecular weight is 301 g/mol. The van der Waals surface area contributed by atoms with Crippen LogP contribution in [0.15, 0.2) is 72.0 Å². The van der Waals surface area contributed by atoms with Gasteiger partial charge in [-0.15, -0.1) is 0 Å². The fraction of sp³-hybridized carbons (Fsp3) is 0.0526. The van der Waals surface area contributed by atoms with E-state index in [2.05, 4.69) is 9.98 Å². The molecular weight excluding hydrogens is 286 g/mol. The number of phenolic OH excluding ortho intramolecular Hbond substituents is 1. The average Bonchev–Trinajstić information content (AvgIpc) is 2.99. The quantitative estimate of drug-likeness (QED) is 0.585. The van der Waals surface area contributed by atoms with Gasteiger partial charge in [-0.2, -0.15) is 0 Å². The summed E-state index contributed by atoms with van der Waals surface area (Å²) < 4.78 is 1.97. The van der Waals surface area contributed by atoms with Gasteiger partial charge in [0.05, 0.1) is 12.2 Å². The van der Waals surface area contributed by atoms with Gasteiger partial charge in [0.1, 0.15) is 11.4 Å². The molecule has 2 aromatic heterocycles. The minimum atomic E-state index is 0.238. The van der Waals surface area contributed by atoms with Crippen LogP contribution in [0.3, 0.4) is 0 Å². The Morgan fingerprint density at radius 1 is 1.04 bits per heavy atom. The maximum atomic E-state index is 10.1. The first kappa shape index (κ1) is 13.5. The second-order valence-corrected chi connectivity index (χ2v) is 5.39. The highest BCUT2D eigenvalue weighted by Crippen LogP contribution is 2.25. The highest BCUT2D eigenvalue weighted by Gasteiger charge is 2.04. The minimum Gasteiger partial charge on any atom is -0.507 e. The molecule has 0 aliphatic rings. The van der Waals surface area contributed by atoms with Crippen molar-refractivity contribution in [1.29, 1.82) is 0 Å². The van der Waals surface area contributed by atoms with E-state index in [0.29, 0.717) is 6.54 Å². The van der Waals surface area contributed by atoms with Crippen molar-refractivity contribution in [2.45, 2.75) is 6.54 Å². The first-order valence-electron chi connectivity index (χ1n) is 7.44. The number of hydrogen-bond acceptors (Lipinski definition) is 3. The Labute approximate surface area is 133 Å². The van der Waals surface area contributed by atoms with E-state index >= 15 is 0 Å². The van der Waals surface area contributed by atoms with E-state index in [9.17, 15) is 5.11 Å². The van der Waals surface area contributed by atoms with Crippen LogP contribution in [0.2, 0.25) is 0 Å². The lowest BCUT2D eigenvalue weighted by atomic mass is 10.0. The molecule has 1 N–H and O–H groups in total. The van der Waals surface area contributed by atoms with Crippen LogP contribution in [0.5, 0.6) is 5.75 Å². The predicted molar refractivity (Wildman–Crippen MR) is 92.1 cm³/mol. The zero-order chi connectivity index (χ0) is 15.6. The van der Waals surface area contributed by atoms with Crippen molar-refractivity contribution in [3.63, 3.8) is 0 Å². The van der Waals surface area contributed by atoms with Gasteiger partial charge < -0.3 is 9.51 Å². The molecule has 0 aliphatic carbocycles. The number of pyridine rings is 1. The Hall–Kier alpha value is -3.14. The zero-order valence-electron chi connectivity index (χ0n) is 12.4. The lowest BCUT2D eigenvalue weighted by Gasteiger charge is -2.04. The molecule has 0 fully saturated rings. The van der Waals surface area contributed by atoms with Gasteiger partial charge >= 0.3 is 0 Å². The number of imidazole rings is 1. The topological polar surface area (TPSA) is 49.9 Å². The van der Waals surface area contributed by atoms with Crippen molar-refractivity contribution in [1.82, 2.24) is 9.38 Å². The molecule has 0 saturated heterocycles. The molecule has 0 atom stereocenters. The lowest BCUT2D eigenvalue weighted by molar-refractivity contribution is 0.475. The zero-order valence-corrected chi connectivity index (χ0v) is 12.4. The van der Waals surface area contributed by atoms with Crippen molar-refractivity contribution in [3.05, 3.63) is 78.2 Å². The third-order valence-electron chi connectivity index (χ3n) is 3.84. The van der Waals surface area contributed by atoms with Crippen molar-refractivity contribution in [3.8, 4) is 5.75 Å². The van der Waals surface area contributed by atoms with Gasteiger partial charge in [0, 0.05) is 24.2 Å². The van der Waals surface area contributed by atoms with Crippen molar-refractivity contribution in [2.75, 3.05) is 0 Å². The summed E-state index contributed by atoms with van der Waals surface area (Å²) in [6, 6.07) is 17.5. The third kappa shape index (κ3) is 2.55. The molecule has 0 amide bonds. The number of aromatic nitrogens is 2. The molecule has 23 heavy (non-hydrogen) atoms. The van der Waals surface area contributed by atoms with E-state index in [-0.39, 0.29) is 5.75 Å². The number of aromatic hydroxyl groups is 1. The van der Waals surface area contributed by atoms with Gasteiger partial charge in [-0.3, -0.25) is 4.99 Å². The van der Waals surface area contributed by atoms with Crippen molar-refractivity contribution >= 4 is 22.6 Å². The molecule has 0 unspecified atom stereocenters. The molecule has 4 rings (SSSR count). The largest absolute Gasteiger partial charge is 0.507 e. The Balaban J connectivity index is 1.65. The number of benzene rings is 2. The number of rotatable bonds is 3. The first-order chi connectivity index (χ1) is 11.3. The van der Waals surface area contributed by atoms with Gasteiger partial charge in [-0.25, -0.2) is 4.98 Å². The van der Waals surface area contributed by atoms with Crippen LogP contribution in [-0.2, 0) is 6.54 Å². The third-order valence-corrected chi connectivity index (χ3v) is 3.84. The molecule has 4 aromatic rings. The molecule has 4 nitrogen and oxygen atoms in total. The summed E-state index contributed by atoms with van der Waals surface area (Å²) in [6.45, 7) is 0.477. The van der Waals surface area contributed by atoms with Crippen LogP contribution >= 0.6 is 0 Å². The van der Waals surface area contributed by atoms with Crippen LogP contribution in [-0.4, -0.2) is 20.7 Å². The fourth-order valence-corrected chi connectivity index (χ4v) is 2.71. The molecule has 0 aliphatic heterocycles. The standard InChI is InChI=1S/C19H15N3O/c23-18-9-8-14-5-1-2-6-16(14)17(18)12-20-11-15-13-22-10-4-3-7-19(22)21-15/h1-10,12-13,23H,11H2. The van der Waals surface area contributed by atoms with Crippen molar-refractivity contribution in [2.24, 2.45) is 4.99 Å². The summed E-state index contributed by atoms with van der Waals surface area (Å²) in [5.74, 6) is 0.238. The fourth-order valence-electron chi connectivity index (χ4n) is 2.71. The Bertz CT molecular complexity index is 984. The smallest absolute Gasteiger partial charge is 0.137 e. The Kier molecular flexibility index (Phi) is 3.27. The molecule has 4 heteroatoms. The summed E-state index contributed by atoms with van der Waals surface area (Å²) in [5.41, 5.74) is 2.55. The van der Waals surface area contributed by atoms with E-state index in [0.717, 1.165) is 27.7 Å². The van der Waals surface area contributed by atoms with E-state index in [1.54, 1.807) is 12.3 Å². The van der Waals surface area contributed by atoms with Crippen LogP contribution in [0.4, 0.5) is 0 Å². The van der Waals surface area contributed by atoms with Crippen LogP contribution < -0.4 is 0 Å². The molecule has 0 radical (unpaired) electrons.